The van der Waals surface area contributed by atoms with Crippen LogP contribution in [0.2, 0.25) is 0 Å². The van der Waals surface area contributed by atoms with Crippen LogP contribution in [0.25, 0.3) is 0 Å². The van der Waals surface area contributed by atoms with Gasteiger partial charge in [0.25, 0.3) is 0 Å². The minimum absolute atomic E-state index is 0.0862. The largest absolute Gasteiger partial charge is 0.370 e. The molecule has 0 aliphatic rings. The van der Waals surface area contributed by atoms with Crippen molar-refractivity contribution in [2.75, 3.05) is 11.1 Å². The maximum Gasteiger partial charge on any atom is 0.234 e. The minimum atomic E-state index is -0.201. The van der Waals surface area contributed by atoms with Gasteiger partial charge in [-0.1, -0.05) is 29.5 Å². The molecule has 1 aromatic carbocycles. The summed E-state index contributed by atoms with van der Waals surface area (Å²) in [7, 11) is 0. The van der Waals surface area contributed by atoms with E-state index in [1.807, 2.05) is 32.0 Å². The molecule has 0 radical (unpaired) electrons. The molecule has 0 unspecified atom stereocenters. The molecule has 19 heavy (non-hydrogen) atoms. The number of aliphatic imine (C=N–C) groups is 1. The Morgan fingerprint density at radius 1 is 1.42 bits per heavy atom. The van der Waals surface area contributed by atoms with Gasteiger partial charge in [-0.3, -0.25) is 10.2 Å². The Morgan fingerprint density at radius 2 is 2.11 bits per heavy atom. The highest BCUT2D eigenvalue weighted by Gasteiger charge is 2.07. The van der Waals surface area contributed by atoms with Crippen molar-refractivity contribution in [2.24, 2.45) is 16.5 Å². The molecule has 1 rings (SSSR count). The number of hydrogen-bond acceptors (Lipinski definition) is 3. The van der Waals surface area contributed by atoms with Gasteiger partial charge in [0.2, 0.25) is 5.91 Å². The summed E-state index contributed by atoms with van der Waals surface area (Å²) in [5, 5.41) is 10.1. The molecule has 0 saturated carbocycles. The number of anilines is 1. The second-order valence-corrected chi connectivity index (χ2v) is 4.96. The van der Waals surface area contributed by atoms with E-state index in [9.17, 15) is 4.79 Å². The SMILES string of the molecule is Cc1ccc(NC(=O)CSC(=N)N=C(N)N)c(C)c1. The van der Waals surface area contributed by atoms with E-state index in [-0.39, 0.29) is 22.8 Å². The number of aryl methyl sites for hydroxylation is 2. The monoisotopic (exact) mass is 279 g/mol. The number of carbonyl (C=O) groups is 1. The number of amidine groups is 1. The summed E-state index contributed by atoms with van der Waals surface area (Å²) < 4.78 is 0. The summed E-state index contributed by atoms with van der Waals surface area (Å²) in [4.78, 5) is 15.2. The Bertz CT molecular complexity index is 523. The van der Waals surface area contributed by atoms with E-state index < -0.39 is 0 Å². The lowest BCUT2D eigenvalue weighted by Crippen LogP contribution is -2.24. The lowest BCUT2D eigenvalue weighted by Gasteiger charge is -2.08. The second-order valence-electron chi connectivity index (χ2n) is 4.00. The lowest BCUT2D eigenvalue weighted by atomic mass is 10.1. The van der Waals surface area contributed by atoms with Gasteiger partial charge in [-0.25, -0.2) is 0 Å². The Balaban J connectivity index is 2.52. The van der Waals surface area contributed by atoms with Crippen LogP contribution < -0.4 is 16.8 Å². The molecule has 0 aliphatic heterocycles. The molecule has 1 amide bonds. The predicted octanol–water partition coefficient (Wildman–Crippen LogP) is 1.18. The van der Waals surface area contributed by atoms with Crippen LogP contribution in [0.5, 0.6) is 0 Å². The zero-order valence-corrected chi connectivity index (χ0v) is 11.7. The number of thioether (sulfide) groups is 1. The first-order valence-electron chi connectivity index (χ1n) is 5.56. The van der Waals surface area contributed by atoms with Crippen LogP contribution in [-0.2, 0) is 4.79 Å². The quantitative estimate of drug-likeness (QED) is 0.491. The molecule has 102 valence electrons. The summed E-state index contributed by atoms with van der Waals surface area (Å²) in [6, 6.07) is 5.77. The summed E-state index contributed by atoms with van der Waals surface area (Å²) in [6.45, 7) is 3.92. The Hall–Kier alpha value is -2.02. The number of nitrogens with zero attached hydrogens (tertiary/aromatic N) is 1. The van der Waals surface area contributed by atoms with Crippen molar-refractivity contribution >= 4 is 34.5 Å². The number of carbonyl (C=O) groups excluding carboxylic acids is 1. The number of amides is 1. The molecule has 6 N–H and O–H groups in total. The van der Waals surface area contributed by atoms with E-state index in [1.54, 1.807) is 0 Å². The molecule has 0 bridgehead atoms. The summed E-state index contributed by atoms with van der Waals surface area (Å²) in [5.41, 5.74) is 13.2. The molecule has 0 atom stereocenters. The van der Waals surface area contributed by atoms with Crippen LogP contribution in [0.3, 0.4) is 0 Å². The molecule has 0 fully saturated rings. The molecule has 0 spiro atoms. The fourth-order valence-electron chi connectivity index (χ4n) is 1.42. The van der Waals surface area contributed by atoms with Crippen molar-refractivity contribution < 1.29 is 4.79 Å². The molecule has 0 heterocycles. The Morgan fingerprint density at radius 3 is 2.68 bits per heavy atom. The van der Waals surface area contributed by atoms with Crippen LogP contribution in [-0.4, -0.2) is 22.8 Å². The van der Waals surface area contributed by atoms with E-state index in [0.29, 0.717) is 0 Å². The van der Waals surface area contributed by atoms with Gasteiger partial charge in [-0.05, 0) is 25.5 Å². The first-order chi connectivity index (χ1) is 8.88. The molecule has 1 aromatic rings. The summed E-state index contributed by atoms with van der Waals surface area (Å²) in [6.07, 6.45) is 0. The Kier molecular flexibility index (Phi) is 5.37. The van der Waals surface area contributed by atoms with Gasteiger partial charge >= 0.3 is 0 Å². The molecule has 6 nitrogen and oxygen atoms in total. The average Bonchev–Trinajstić information content (AvgIpc) is 2.29. The highest BCUT2D eigenvalue weighted by Crippen LogP contribution is 2.16. The highest BCUT2D eigenvalue weighted by molar-refractivity contribution is 8.14. The topological polar surface area (TPSA) is 117 Å². The van der Waals surface area contributed by atoms with Crippen molar-refractivity contribution in [3.05, 3.63) is 29.3 Å². The fourth-order valence-corrected chi connectivity index (χ4v) is 1.93. The molecule has 0 aromatic heterocycles. The number of guanidine groups is 1. The first kappa shape index (κ1) is 15.0. The van der Waals surface area contributed by atoms with Crippen molar-refractivity contribution in [2.45, 2.75) is 13.8 Å². The number of hydrogen-bond donors (Lipinski definition) is 4. The van der Waals surface area contributed by atoms with Gasteiger partial charge in [0, 0.05) is 5.69 Å². The summed E-state index contributed by atoms with van der Waals surface area (Å²) >= 11 is 0.965. The molecule has 0 saturated heterocycles. The maximum atomic E-state index is 11.7. The highest BCUT2D eigenvalue weighted by atomic mass is 32.2. The van der Waals surface area contributed by atoms with Crippen molar-refractivity contribution in [3.63, 3.8) is 0 Å². The molecule has 0 aliphatic carbocycles. The van der Waals surface area contributed by atoms with Crippen molar-refractivity contribution in [1.82, 2.24) is 0 Å². The van der Waals surface area contributed by atoms with E-state index in [1.165, 1.54) is 0 Å². The molecular weight excluding hydrogens is 262 g/mol. The number of nitrogens with one attached hydrogen (secondary N) is 2. The van der Waals surface area contributed by atoms with Gasteiger partial charge in [0.15, 0.2) is 11.1 Å². The standard InChI is InChI=1S/C12H17N5OS/c1-7-3-4-9(8(2)5-7)16-10(18)6-19-12(15)17-11(13)14/h3-5H,6H2,1-2H3,(H,16,18)(H5,13,14,15,17). The van der Waals surface area contributed by atoms with E-state index >= 15 is 0 Å². The van der Waals surface area contributed by atoms with Crippen LogP contribution in [0.1, 0.15) is 11.1 Å². The van der Waals surface area contributed by atoms with Crippen molar-refractivity contribution in [1.29, 1.82) is 5.41 Å². The van der Waals surface area contributed by atoms with Crippen LogP contribution >= 0.6 is 11.8 Å². The third-order valence-corrected chi connectivity index (χ3v) is 3.00. The van der Waals surface area contributed by atoms with Crippen LogP contribution in [0.4, 0.5) is 5.69 Å². The smallest absolute Gasteiger partial charge is 0.234 e. The number of nitrogens with two attached hydrogens (primary N) is 2. The number of benzene rings is 1. The lowest BCUT2D eigenvalue weighted by molar-refractivity contribution is -0.113. The molecule has 7 heteroatoms. The Labute approximate surface area is 116 Å². The van der Waals surface area contributed by atoms with Crippen molar-refractivity contribution in [3.8, 4) is 0 Å². The average molecular weight is 279 g/mol. The van der Waals surface area contributed by atoms with E-state index in [0.717, 1.165) is 28.6 Å². The first-order valence-corrected chi connectivity index (χ1v) is 6.55. The predicted molar refractivity (Wildman–Crippen MR) is 80.5 cm³/mol. The van der Waals surface area contributed by atoms with Gasteiger partial charge in [-0.15, -0.1) is 0 Å². The molecular formula is C12H17N5OS. The third-order valence-electron chi connectivity index (χ3n) is 2.23. The zero-order chi connectivity index (χ0) is 14.4. The van der Waals surface area contributed by atoms with E-state index in [4.69, 9.17) is 16.9 Å². The van der Waals surface area contributed by atoms with Crippen LogP contribution in [0, 0.1) is 19.3 Å². The minimum Gasteiger partial charge on any atom is -0.370 e. The van der Waals surface area contributed by atoms with E-state index in [2.05, 4.69) is 10.3 Å². The van der Waals surface area contributed by atoms with Gasteiger partial charge < -0.3 is 16.8 Å². The zero-order valence-electron chi connectivity index (χ0n) is 10.9. The normalized spacial score (nSPS) is 9.79. The summed E-state index contributed by atoms with van der Waals surface area (Å²) in [5.74, 6) is -0.303. The third kappa shape index (κ3) is 5.43. The maximum absolute atomic E-state index is 11.7. The van der Waals surface area contributed by atoms with Gasteiger partial charge in [0.05, 0.1) is 5.75 Å². The van der Waals surface area contributed by atoms with Gasteiger partial charge in [-0.2, -0.15) is 4.99 Å². The van der Waals surface area contributed by atoms with Gasteiger partial charge in [0.1, 0.15) is 0 Å². The fraction of sp³-hybridized carbons (Fsp3) is 0.250. The van der Waals surface area contributed by atoms with Crippen LogP contribution in [0.15, 0.2) is 23.2 Å². The number of rotatable bonds is 3. The second kappa shape index (κ2) is 6.79.